The van der Waals surface area contributed by atoms with Crippen molar-refractivity contribution in [1.82, 2.24) is 19.9 Å². The molecule has 5 rings (SSSR count). The minimum atomic E-state index is -5.16. The van der Waals surface area contributed by atoms with Crippen LogP contribution in [-0.4, -0.2) is 32.1 Å². The van der Waals surface area contributed by atoms with Gasteiger partial charge in [0.25, 0.3) is 0 Å². The molecule has 3 heterocycles. The van der Waals surface area contributed by atoms with Gasteiger partial charge in [-0.3, -0.25) is 4.98 Å². The lowest BCUT2D eigenvalue weighted by atomic mass is 10.00. The number of aromatic nitrogens is 4. The number of nitrogens with two attached hydrogens (primary N) is 1. The maximum absolute atomic E-state index is 13.0. The smallest absolute Gasteiger partial charge is 0.433 e. The third kappa shape index (κ3) is 4.20. The number of carbonyl (C=O) groups is 1. The van der Waals surface area contributed by atoms with Crippen LogP contribution >= 0.6 is 0 Å². The quantitative estimate of drug-likeness (QED) is 0.331. The second-order valence-electron chi connectivity index (χ2n) is 8.34. The summed E-state index contributed by atoms with van der Waals surface area (Å²) in [7, 11) is 0. The Bertz CT molecular complexity index is 1580. The summed E-state index contributed by atoms with van der Waals surface area (Å²) in [5.41, 5.74) is 7.57. The number of esters is 1. The van der Waals surface area contributed by atoms with Crippen molar-refractivity contribution in [2.45, 2.75) is 31.5 Å². The highest BCUT2D eigenvalue weighted by atomic mass is 19.4. The average molecular weight is 489 g/mol. The zero-order valence-corrected chi connectivity index (χ0v) is 18.9. The number of halogens is 3. The first kappa shape index (κ1) is 23.2. The molecule has 10 heteroatoms. The van der Waals surface area contributed by atoms with E-state index in [0.29, 0.717) is 34.5 Å². The number of nitrogen functional groups attached to an aromatic ring is 1. The monoisotopic (exact) mass is 489 g/mol. The van der Waals surface area contributed by atoms with E-state index in [2.05, 4.69) is 31.8 Å². The maximum Gasteiger partial charge on any atom is 0.490 e. The lowest BCUT2D eigenvalue weighted by molar-refractivity contribution is -0.210. The molecule has 2 N–H and O–H groups in total. The predicted molar refractivity (Wildman–Crippen MR) is 125 cm³/mol. The third-order valence-corrected chi connectivity index (χ3v) is 5.90. The zero-order valence-electron chi connectivity index (χ0n) is 18.9. The van der Waals surface area contributed by atoms with E-state index in [1.165, 1.54) is 6.20 Å². The summed E-state index contributed by atoms with van der Waals surface area (Å²) in [6.07, 6.45) is 0.0250. The van der Waals surface area contributed by atoms with Crippen molar-refractivity contribution < 1.29 is 22.7 Å². The topological polar surface area (TPSA) is 104 Å². The number of benzene rings is 1. The van der Waals surface area contributed by atoms with Crippen LogP contribution in [0.3, 0.4) is 0 Å². The van der Waals surface area contributed by atoms with Crippen LogP contribution in [0, 0.1) is 18.8 Å². The Balaban J connectivity index is 1.54. The third-order valence-electron chi connectivity index (χ3n) is 5.90. The van der Waals surface area contributed by atoms with E-state index in [0.717, 1.165) is 10.9 Å². The molecule has 1 atom stereocenters. The number of hydrogen-bond acceptors (Lipinski definition) is 7. The van der Waals surface area contributed by atoms with E-state index in [4.69, 9.17) is 10.5 Å². The number of hydrogen-bond donors (Lipinski definition) is 1. The Labute approximate surface area is 203 Å². The first-order chi connectivity index (χ1) is 17.2. The molecular weight excluding hydrogens is 471 g/mol. The number of fused-ring (bicyclic) bond motifs is 2. The van der Waals surface area contributed by atoms with Crippen molar-refractivity contribution >= 4 is 22.7 Å². The minimum Gasteiger partial charge on any atom is -0.433 e. The van der Waals surface area contributed by atoms with Crippen LogP contribution in [0.1, 0.15) is 28.8 Å². The number of rotatable bonds is 2. The van der Waals surface area contributed by atoms with Crippen molar-refractivity contribution in [3.63, 3.8) is 0 Å². The van der Waals surface area contributed by atoms with Crippen LogP contribution < -0.4 is 5.73 Å². The van der Waals surface area contributed by atoms with Gasteiger partial charge in [-0.2, -0.15) is 13.2 Å². The van der Waals surface area contributed by atoms with E-state index in [1.54, 1.807) is 48.8 Å². The molecular formula is C26H18F3N5O2. The fraction of sp³-hybridized carbons (Fsp3) is 0.192. The van der Waals surface area contributed by atoms with Crippen LogP contribution in [0.5, 0.6) is 0 Å². The van der Waals surface area contributed by atoms with Crippen molar-refractivity contribution in [1.29, 1.82) is 0 Å². The number of nitrogens with zero attached hydrogens (tertiary/aromatic N) is 4. The van der Waals surface area contributed by atoms with Gasteiger partial charge in [-0.15, -0.1) is 0 Å². The van der Waals surface area contributed by atoms with Crippen LogP contribution in [0.4, 0.5) is 19.0 Å². The van der Waals surface area contributed by atoms with Crippen LogP contribution in [0.25, 0.3) is 22.3 Å². The Morgan fingerprint density at radius 2 is 1.97 bits per heavy atom. The number of ether oxygens (including phenoxy) is 1. The molecule has 0 radical (unpaired) electrons. The molecule has 3 aromatic heterocycles. The molecule has 1 aliphatic rings. The van der Waals surface area contributed by atoms with Crippen LogP contribution in [-0.2, 0) is 21.6 Å². The van der Waals surface area contributed by atoms with Crippen molar-refractivity contribution in [2.24, 2.45) is 0 Å². The molecule has 36 heavy (non-hydrogen) atoms. The number of carbonyl (C=O) groups excluding carboxylic acids is 1. The standard InChI is InChI=1S/C26H18F3N5O2/c1-15-13-32-22(30)20-19(15)14-33-23(34-20)18-5-2-4-16(12-18)7-9-25(36-24(35)26(27,28)29)10-8-17-6-3-11-31-21(17)25/h2-6,11-14H,8,10H2,1H3,(H2,30,32)/t25-/m0/s1. The van der Waals surface area contributed by atoms with Gasteiger partial charge in [0, 0.05) is 41.5 Å². The minimum absolute atomic E-state index is 0.0628. The summed E-state index contributed by atoms with van der Waals surface area (Å²) in [5.74, 6) is 3.98. The van der Waals surface area contributed by atoms with Gasteiger partial charge in [0.1, 0.15) is 11.3 Å². The molecule has 0 saturated heterocycles. The summed E-state index contributed by atoms with van der Waals surface area (Å²) in [6.45, 7) is 1.88. The Morgan fingerprint density at radius 3 is 2.78 bits per heavy atom. The molecule has 7 nitrogen and oxygen atoms in total. The van der Waals surface area contributed by atoms with Gasteiger partial charge in [0.05, 0.1) is 5.69 Å². The molecule has 0 unspecified atom stereocenters. The molecule has 0 aliphatic heterocycles. The van der Waals surface area contributed by atoms with Gasteiger partial charge in [-0.25, -0.2) is 19.7 Å². The molecule has 0 fully saturated rings. The Hall–Kier alpha value is -4.52. The van der Waals surface area contributed by atoms with Gasteiger partial charge in [-0.1, -0.05) is 24.1 Å². The van der Waals surface area contributed by atoms with Crippen molar-refractivity contribution in [3.8, 4) is 23.2 Å². The van der Waals surface area contributed by atoms with Crippen LogP contribution in [0.2, 0.25) is 0 Å². The van der Waals surface area contributed by atoms with Crippen molar-refractivity contribution in [2.75, 3.05) is 5.73 Å². The first-order valence-electron chi connectivity index (χ1n) is 10.9. The summed E-state index contributed by atoms with van der Waals surface area (Å²) in [5, 5.41) is 0.781. The molecule has 1 aromatic carbocycles. The first-order valence-corrected chi connectivity index (χ1v) is 10.9. The van der Waals surface area contributed by atoms with E-state index < -0.39 is 17.7 Å². The summed E-state index contributed by atoms with van der Waals surface area (Å²) >= 11 is 0. The SMILES string of the molecule is Cc1cnc(N)c2nc(-c3cccc(C#C[C@]4(OC(=O)C(F)(F)F)CCc5cccnc54)c3)ncc12. The van der Waals surface area contributed by atoms with Gasteiger partial charge in [0.15, 0.2) is 5.82 Å². The normalized spacial score (nSPS) is 16.8. The molecule has 0 spiro atoms. The van der Waals surface area contributed by atoms with Gasteiger partial charge >= 0.3 is 12.1 Å². The molecule has 4 aromatic rings. The second kappa shape index (κ2) is 8.61. The Morgan fingerprint density at radius 1 is 1.14 bits per heavy atom. The van der Waals surface area contributed by atoms with Gasteiger partial charge in [-0.05, 0) is 48.6 Å². The molecule has 0 bridgehead atoms. The lowest BCUT2D eigenvalue weighted by Crippen LogP contribution is -2.36. The second-order valence-corrected chi connectivity index (χ2v) is 8.34. The summed E-state index contributed by atoms with van der Waals surface area (Å²) in [6, 6.07) is 10.3. The number of pyridine rings is 2. The highest BCUT2D eigenvalue weighted by molar-refractivity contribution is 5.90. The number of alkyl halides is 3. The molecule has 180 valence electrons. The summed E-state index contributed by atoms with van der Waals surface area (Å²) in [4.78, 5) is 29.1. The molecule has 0 saturated carbocycles. The molecule has 1 aliphatic carbocycles. The Kier molecular flexibility index (Phi) is 5.55. The zero-order chi connectivity index (χ0) is 25.5. The highest BCUT2D eigenvalue weighted by Gasteiger charge is 2.50. The van der Waals surface area contributed by atoms with E-state index >= 15 is 0 Å². The predicted octanol–water partition coefficient (Wildman–Crippen LogP) is 4.28. The fourth-order valence-electron chi connectivity index (χ4n) is 4.11. The average Bonchev–Trinajstić information content (AvgIpc) is 3.23. The lowest BCUT2D eigenvalue weighted by Gasteiger charge is -2.24. The van der Waals surface area contributed by atoms with E-state index in [9.17, 15) is 18.0 Å². The highest BCUT2D eigenvalue weighted by Crippen LogP contribution is 2.40. The maximum atomic E-state index is 13.0. The molecule has 0 amide bonds. The fourth-order valence-corrected chi connectivity index (χ4v) is 4.11. The van der Waals surface area contributed by atoms with Gasteiger partial charge in [0.2, 0.25) is 5.60 Å². The van der Waals surface area contributed by atoms with E-state index in [1.807, 2.05) is 6.92 Å². The summed E-state index contributed by atoms with van der Waals surface area (Å²) < 4.78 is 44.1. The van der Waals surface area contributed by atoms with Gasteiger partial charge < -0.3 is 10.5 Å². The van der Waals surface area contributed by atoms with Crippen LogP contribution in [0.15, 0.2) is 55.0 Å². The van der Waals surface area contributed by atoms with E-state index in [-0.39, 0.29) is 17.9 Å². The number of anilines is 1. The number of aryl methyl sites for hydroxylation is 2. The largest absolute Gasteiger partial charge is 0.490 e. The van der Waals surface area contributed by atoms with Crippen molar-refractivity contribution in [3.05, 3.63) is 77.4 Å².